The average molecular weight is 527 g/mol. The molecule has 5 nitrogen and oxygen atoms in total. The number of carbonyl (C=O) groups excluding carboxylic acids is 1. The molecule has 0 heterocycles. The van der Waals surface area contributed by atoms with Crippen LogP contribution in [0.2, 0.25) is 10.0 Å². The van der Waals surface area contributed by atoms with Crippen LogP contribution >= 0.6 is 45.8 Å². The maximum atomic E-state index is 13.9. The van der Waals surface area contributed by atoms with E-state index in [9.17, 15) is 14.3 Å². The second kappa shape index (κ2) is 10.4. The van der Waals surface area contributed by atoms with Crippen molar-refractivity contribution in [2.75, 3.05) is 11.9 Å². The highest BCUT2D eigenvalue weighted by molar-refractivity contribution is 14.1. The maximum absolute atomic E-state index is 13.9. The van der Waals surface area contributed by atoms with Gasteiger partial charge < -0.3 is 10.4 Å². The van der Waals surface area contributed by atoms with Crippen LogP contribution in [-0.4, -0.2) is 23.7 Å². The summed E-state index contributed by atoms with van der Waals surface area (Å²) in [5.74, 6) is -1.32. The molecule has 1 atom stereocenters. The monoisotopic (exact) mass is 526 g/mol. The normalized spacial score (nSPS) is 11.9. The van der Waals surface area contributed by atoms with Crippen LogP contribution in [0.4, 0.5) is 15.8 Å². The molecule has 0 radical (unpaired) electrons. The Labute approximate surface area is 180 Å². The van der Waals surface area contributed by atoms with Crippen molar-refractivity contribution in [1.29, 1.82) is 0 Å². The number of nitrogens with one attached hydrogen (secondary N) is 2. The highest BCUT2D eigenvalue weighted by atomic mass is 127. The van der Waals surface area contributed by atoms with Crippen molar-refractivity contribution in [3.8, 4) is 0 Å². The van der Waals surface area contributed by atoms with Crippen LogP contribution in [0, 0.1) is 9.39 Å². The van der Waals surface area contributed by atoms with E-state index in [1.807, 2.05) is 13.0 Å². The Hall–Kier alpha value is -1.13. The fourth-order valence-electron chi connectivity index (χ4n) is 2.25. The van der Waals surface area contributed by atoms with Gasteiger partial charge in [-0.15, -0.1) is 0 Å². The topological polar surface area (TPSA) is 70.6 Å². The Bertz CT molecular complexity index is 823. The predicted molar refractivity (Wildman–Crippen MR) is 113 cm³/mol. The number of aliphatic hydroxyl groups is 1. The number of benzene rings is 2. The fraction of sp³-hybridized carbons (Fsp3) is 0.278. The standard InChI is InChI=1S/C18H18Cl2FIN2O3/c1-2-3-11(25)9-27-24-18(26)12-7-13(19)15(21)8-17(12)23-16-5-4-10(22)6-14(16)20/h4-8,11,23,25H,2-3,9H2,1H3,(H,24,26). The third-order valence-electron chi connectivity index (χ3n) is 3.57. The van der Waals surface area contributed by atoms with Crippen molar-refractivity contribution in [3.63, 3.8) is 0 Å². The minimum absolute atomic E-state index is 0.0553. The van der Waals surface area contributed by atoms with Crippen LogP contribution in [0.3, 0.4) is 0 Å². The van der Waals surface area contributed by atoms with Gasteiger partial charge in [-0.3, -0.25) is 9.63 Å². The van der Waals surface area contributed by atoms with Crippen molar-refractivity contribution in [3.05, 3.63) is 55.3 Å². The number of aliphatic hydroxyl groups excluding tert-OH is 1. The van der Waals surface area contributed by atoms with E-state index < -0.39 is 17.8 Å². The smallest absolute Gasteiger partial charge is 0.277 e. The van der Waals surface area contributed by atoms with E-state index in [0.29, 0.717) is 17.1 Å². The highest BCUT2D eigenvalue weighted by Gasteiger charge is 2.17. The summed E-state index contributed by atoms with van der Waals surface area (Å²) in [5.41, 5.74) is 2.98. The molecule has 0 saturated carbocycles. The van der Waals surface area contributed by atoms with Crippen LogP contribution < -0.4 is 10.8 Å². The molecule has 2 aromatic rings. The summed E-state index contributed by atoms with van der Waals surface area (Å²) in [6.07, 6.45) is 0.656. The number of hydrogen-bond donors (Lipinski definition) is 3. The third kappa shape index (κ3) is 6.46. The van der Waals surface area contributed by atoms with Crippen LogP contribution in [0.15, 0.2) is 30.3 Å². The second-order valence-corrected chi connectivity index (χ2v) is 7.81. The average Bonchev–Trinajstić information content (AvgIpc) is 2.60. The van der Waals surface area contributed by atoms with E-state index in [2.05, 4.69) is 33.4 Å². The molecular formula is C18H18Cl2FIN2O3. The number of rotatable bonds is 8. The van der Waals surface area contributed by atoms with Crippen molar-refractivity contribution in [1.82, 2.24) is 5.48 Å². The first-order valence-electron chi connectivity index (χ1n) is 8.13. The molecule has 1 unspecified atom stereocenters. The zero-order valence-corrected chi connectivity index (χ0v) is 18.0. The SMILES string of the molecule is CCCC(O)CONC(=O)c1cc(Cl)c(F)cc1Nc1ccc(I)cc1Cl. The van der Waals surface area contributed by atoms with E-state index >= 15 is 0 Å². The second-order valence-electron chi connectivity index (χ2n) is 5.75. The molecule has 0 aliphatic heterocycles. The van der Waals surface area contributed by atoms with Crippen LogP contribution in [0.25, 0.3) is 0 Å². The molecule has 0 aliphatic carbocycles. The zero-order valence-electron chi connectivity index (χ0n) is 14.4. The molecule has 2 aromatic carbocycles. The lowest BCUT2D eigenvalue weighted by Crippen LogP contribution is -2.29. The van der Waals surface area contributed by atoms with Crippen LogP contribution in [-0.2, 0) is 4.84 Å². The molecular weight excluding hydrogens is 509 g/mol. The summed E-state index contributed by atoms with van der Waals surface area (Å²) in [5, 5.41) is 12.8. The molecule has 0 aromatic heterocycles. The van der Waals surface area contributed by atoms with Gasteiger partial charge in [-0.1, -0.05) is 36.5 Å². The molecule has 0 bridgehead atoms. The van der Waals surface area contributed by atoms with E-state index in [-0.39, 0.29) is 22.9 Å². The van der Waals surface area contributed by atoms with E-state index in [1.54, 1.807) is 12.1 Å². The van der Waals surface area contributed by atoms with Gasteiger partial charge in [0.2, 0.25) is 0 Å². The van der Waals surface area contributed by atoms with Gasteiger partial charge >= 0.3 is 0 Å². The molecule has 0 saturated heterocycles. The van der Waals surface area contributed by atoms with E-state index in [4.69, 9.17) is 28.0 Å². The van der Waals surface area contributed by atoms with Crippen molar-refractivity contribution in [2.24, 2.45) is 0 Å². The largest absolute Gasteiger partial charge is 0.391 e. The van der Waals surface area contributed by atoms with Gasteiger partial charge in [0, 0.05) is 3.57 Å². The van der Waals surface area contributed by atoms with Crippen LogP contribution in [0.5, 0.6) is 0 Å². The molecule has 146 valence electrons. The first kappa shape index (κ1) is 22.2. The lowest BCUT2D eigenvalue weighted by Gasteiger charge is -2.15. The first-order valence-corrected chi connectivity index (χ1v) is 9.96. The molecule has 2 rings (SSSR count). The van der Waals surface area contributed by atoms with Gasteiger partial charge in [0.25, 0.3) is 5.91 Å². The summed E-state index contributed by atoms with van der Waals surface area (Å²) in [7, 11) is 0. The Morgan fingerprint density at radius 3 is 2.67 bits per heavy atom. The number of anilines is 2. The Kier molecular flexibility index (Phi) is 8.56. The molecule has 1 amide bonds. The number of halogens is 4. The zero-order chi connectivity index (χ0) is 20.0. The lowest BCUT2D eigenvalue weighted by atomic mass is 10.1. The van der Waals surface area contributed by atoms with E-state index in [1.165, 1.54) is 6.07 Å². The van der Waals surface area contributed by atoms with Gasteiger partial charge in [-0.2, -0.15) is 0 Å². The predicted octanol–water partition coefficient (Wildman–Crippen LogP) is 5.30. The first-order chi connectivity index (χ1) is 12.8. The van der Waals surface area contributed by atoms with Gasteiger partial charge in [0.05, 0.1) is 33.1 Å². The van der Waals surface area contributed by atoms with Gasteiger partial charge in [-0.05, 0) is 59.3 Å². The number of carbonyl (C=O) groups is 1. The summed E-state index contributed by atoms with van der Waals surface area (Å²) in [6.45, 7) is 1.87. The summed E-state index contributed by atoms with van der Waals surface area (Å²) >= 11 is 14.1. The van der Waals surface area contributed by atoms with Gasteiger partial charge in [0.15, 0.2) is 0 Å². The Morgan fingerprint density at radius 2 is 2.00 bits per heavy atom. The minimum atomic E-state index is -0.685. The van der Waals surface area contributed by atoms with Crippen LogP contribution in [0.1, 0.15) is 30.1 Å². The molecule has 27 heavy (non-hydrogen) atoms. The summed E-state index contributed by atoms with van der Waals surface area (Å²) in [6, 6.07) is 7.57. The fourth-order valence-corrected chi connectivity index (χ4v) is 3.32. The van der Waals surface area contributed by atoms with Crippen molar-refractivity contribution < 1.29 is 19.1 Å². The highest BCUT2D eigenvalue weighted by Crippen LogP contribution is 2.31. The van der Waals surface area contributed by atoms with Crippen molar-refractivity contribution in [2.45, 2.75) is 25.9 Å². The number of hydroxylamine groups is 1. The molecule has 0 spiro atoms. The number of hydrogen-bond acceptors (Lipinski definition) is 4. The summed E-state index contributed by atoms with van der Waals surface area (Å²) in [4.78, 5) is 17.5. The quantitative estimate of drug-likeness (QED) is 0.322. The Morgan fingerprint density at radius 1 is 1.26 bits per heavy atom. The Balaban J connectivity index is 2.19. The maximum Gasteiger partial charge on any atom is 0.277 e. The number of amides is 1. The lowest BCUT2D eigenvalue weighted by molar-refractivity contribution is -0.0149. The summed E-state index contributed by atoms with van der Waals surface area (Å²) < 4.78 is 14.9. The molecule has 0 aliphatic rings. The molecule has 9 heteroatoms. The van der Waals surface area contributed by atoms with Gasteiger partial charge in [-0.25, -0.2) is 9.87 Å². The van der Waals surface area contributed by atoms with Crippen molar-refractivity contribution >= 4 is 63.1 Å². The molecule has 3 N–H and O–H groups in total. The van der Waals surface area contributed by atoms with E-state index in [0.717, 1.165) is 16.1 Å². The van der Waals surface area contributed by atoms with Gasteiger partial charge in [0.1, 0.15) is 12.4 Å². The minimum Gasteiger partial charge on any atom is -0.391 e. The third-order valence-corrected chi connectivity index (χ3v) is 4.84. The molecule has 0 fully saturated rings.